The minimum atomic E-state index is -0.271. The van der Waals surface area contributed by atoms with Crippen LogP contribution in [0.4, 0.5) is 11.4 Å². The van der Waals surface area contributed by atoms with Gasteiger partial charge in [0.05, 0.1) is 35.0 Å². The summed E-state index contributed by atoms with van der Waals surface area (Å²) in [5.41, 5.74) is 1.90. The van der Waals surface area contributed by atoms with Crippen LogP contribution in [0.3, 0.4) is 0 Å². The molecule has 4 aliphatic carbocycles. The summed E-state index contributed by atoms with van der Waals surface area (Å²) in [5.74, 6) is -1.46. The number of nitrogens with zero attached hydrogens (tertiary/aromatic N) is 4. The molecule has 46 heavy (non-hydrogen) atoms. The Bertz CT molecular complexity index is 1600. The molecule has 10 heteroatoms. The van der Waals surface area contributed by atoms with E-state index in [1.54, 1.807) is 58.3 Å². The SMILES string of the molecule is O=C(c1ccc(N2C(=O)[C@@H]3[C@H](C2=O)[C@H]2C=C[C@H]3C2)cc1)N1CCN(C(=O)c2ccc(N3C(=O)[C@H]4[C@H](C3=O)[C@H]3C=C[C@H]4C3)cc2)CC1. The second kappa shape index (κ2) is 9.82. The summed E-state index contributed by atoms with van der Waals surface area (Å²) < 4.78 is 0. The highest BCUT2D eigenvalue weighted by Crippen LogP contribution is 2.54. The summed E-state index contributed by atoms with van der Waals surface area (Å²) in [6.07, 6.45) is 10.0. The Kier molecular flexibility index (Phi) is 5.86. The zero-order valence-corrected chi connectivity index (χ0v) is 25.0. The van der Waals surface area contributed by atoms with Gasteiger partial charge in [0, 0.05) is 37.3 Å². The van der Waals surface area contributed by atoms with Gasteiger partial charge in [0.1, 0.15) is 0 Å². The van der Waals surface area contributed by atoms with E-state index in [1.165, 1.54) is 9.80 Å². The van der Waals surface area contributed by atoms with Crippen molar-refractivity contribution in [3.05, 3.63) is 84.0 Å². The first kappa shape index (κ1) is 27.5. The molecule has 3 saturated heterocycles. The maximum atomic E-state index is 13.3. The molecule has 3 heterocycles. The number of rotatable bonds is 4. The van der Waals surface area contributed by atoms with Gasteiger partial charge in [-0.25, -0.2) is 0 Å². The lowest BCUT2D eigenvalue weighted by atomic mass is 9.85. The summed E-state index contributed by atoms with van der Waals surface area (Å²) in [5, 5.41) is 0. The van der Waals surface area contributed by atoms with Crippen LogP contribution in [0, 0.1) is 47.3 Å². The average molecular weight is 617 g/mol. The Labute approximate surface area is 265 Å². The number of benzene rings is 2. The van der Waals surface area contributed by atoms with Crippen molar-refractivity contribution < 1.29 is 28.8 Å². The number of imide groups is 2. The molecule has 8 atom stereocenters. The molecule has 2 saturated carbocycles. The Hall–Kier alpha value is -4.86. The highest BCUT2D eigenvalue weighted by Gasteiger charge is 2.60. The van der Waals surface area contributed by atoms with Gasteiger partial charge in [-0.3, -0.25) is 38.6 Å². The van der Waals surface area contributed by atoms with E-state index >= 15 is 0 Å². The summed E-state index contributed by atoms with van der Waals surface area (Å²) in [7, 11) is 0. The van der Waals surface area contributed by atoms with Crippen LogP contribution in [-0.2, 0) is 19.2 Å². The molecule has 0 radical (unpaired) electrons. The first-order valence-electron chi connectivity index (χ1n) is 16.2. The molecule has 5 fully saturated rings. The number of allylic oxidation sites excluding steroid dienone is 4. The predicted molar refractivity (Wildman–Crippen MR) is 165 cm³/mol. The fraction of sp³-hybridized carbons (Fsp3) is 0.389. The number of carbonyl (C=O) groups excluding carboxylic acids is 6. The summed E-state index contributed by atoms with van der Waals surface area (Å²) in [4.78, 5) is 85.1. The Morgan fingerprint density at radius 3 is 1.02 bits per heavy atom. The first-order chi connectivity index (χ1) is 22.3. The molecule has 0 N–H and O–H groups in total. The van der Waals surface area contributed by atoms with Crippen LogP contribution in [0.5, 0.6) is 0 Å². The fourth-order valence-corrected chi connectivity index (χ4v) is 9.30. The number of anilines is 2. The van der Waals surface area contributed by atoms with Crippen molar-refractivity contribution in [1.82, 2.24) is 9.80 Å². The van der Waals surface area contributed by atoms with E-state index in [0.717, 1.165) is 12.8 Å². The topological polar surface area (TPSA) is 115 Å². The lowest BCUT2D eigenvalue weighted by Gasteiger charge is -2.35. The minimum Gasteiger partial charge on any atom is -0.335 e. The molecule has 10 nitrogen and oxygen atoms in total. The molecule has 3 aliphatic heterocycles. The maximum Gasteiger partial charge on any atom is 0.253 e. The largest absolute Gasteiger partial charge is 0.335 e. The highest BCUT2D eigenvalue weighted by molar-refractivity contribution is 6.23. The second-order valence-corrected chi connectivity index (χ2v) is 13.7. The highest BCUT2D eigenvalue weighted by atomic mass is 16.2. The van der Waals surface area contributed by atoms with Gasteiger partial charge in [0.15, 0.2) is 0 Å². The molecule has 4 bridgehead atoms. The zero-order valence-electron chi connectivity index (χ0n) is 25.0. The third-order valence-electron chi connectivity index (χ3n) is 11.5. The third-order valence-corrected chi connectivity index (χ3v) is 11.5. The average Bonchev–Trinajstić information content (AvgIpc) is 3.94. The zero-order chi connectivity index (χ0) is 31.4. The standard InChI is InChI=1S/C36H32N4O6/c41-31(19-5-9-25(10-6-19)39-33(43)27-21-1-2-22(17-21)28(27)34(39)44)37-13-15-38(16-14-37)32(42)20-7-11-26(12-8-20)40-35(45)29-23-3-4-24(18-23)30(29)36(40)46/h1-12,21-24,27-30H,13-18H2/t21-,22-,23-,24-,27-,28+,29+,30+/m0/s1. The molecule has 0 unspecified atom stereocenters. The Morgan fingerprint density at radius 2 is 0.739 bits per heavy atom. The van der Waals surface area contributed by atoms with Crippen LogP contribution in [0.2, 0.25) is 0 Å². The van der Waals surface area contributed by atoms with Crippen molar-refractivity contribution in [2.45, 2.75) is 12.8 Å². The van der Waals surface area contributed by atoms with Gasteiger partial charge in [-0.05, 0) is 85.0 Å². The number of piperazine rings is 1. The van der Waals surface area contributed by atoms with E-state index in [0.29, 0.717) is 48.7 Å². The molecule has 0 aromatic heterocycles. The van der Waals surface area contributed by atoms with Crippen LogP contribution in [0.1, 0.15) is 33.6 Å². The third kappa shape index (κ3) is 3.75. The molecule has 0 spiro atoms. The van der Waals surface area contributed by atoms with Crippen LogP contribution < -0.4 is 9.80 Å². The lowest BCUT2D eigenvalue weighted by molar-refractivity contribution is -0.124. The van der Waals surface area contributed by atoms with E-state index in [2.05, 4.69) is 24.3 Å². The van der Waals surface area contributed by atoms with Gasteiger partial charge in [0.2, 0.25) is 23.6 Å². The van der Waals surface area contributed by atoms with Gasteiger partial charge in [-0.2, -0.15) is 0 Å². The number of carbonyl (C=O) groups is 6. The number of fused-ring (bicyclic) bond motifs is 10. The molecular formula is C36H32N4O6. The molecule has 9 rings (SSSR count). The van der Waals surface area contributed by atoms with Crippen molar-refractivity contribution in [3.63, 3.8) is 0 Å². The smallest absolute Gasteiger partial charge is 0.253 e. The van der Waals surface area contributed by atoms with Gasteiger partial charge in [-0.1, -0.05) is 24.3 Å². The van der Waals surface area contributed by atoms with Gasteiger partial charge >= 0.3 is 0 Å². The van der Waals surface area contributed by atoms with Crippen molar-refractivity contribution in [1.29, 1.82) is 0 Å². The molecule has 2 aromatic carbocycles. The predicted octanol–water partition coefficient (Wildman–Crippen LogP) is 2.91. The molecule has 6 amide bonds. The normalized spacial score (nSPS) is 33.6. The van der Waals surface area contributed by atoms with E-state index in [1.807, 2.05) is 0 Å². The van der Waals surface area contributed by atoms with Crippen LogP contribution in [0.15, 0.2) is 72.8 Å². The number of hydrogen-bond donors (Lipinski definition) is 0. The van der Waals surface area contributed by atoms with E-state index in [4.69, 9.17) is 0 Å². The number of amides is 6. The first-order valence-corrected chi connectivity index (χ1v) is 16.2. The number of hydrogen-bond acceptors (Lipinski definition) is 6. The van der Waals surface area contributed by atoms with Gasteiger partial charge in [-0.15, -0.1) is 0 Å². The van der Waals surface area contributed by atoms with E-state index in [9.17, 15) is 28.8 Å². The summed E-state index contributed by atoms with van der Waals surface area (Å²) in [6, 6.07) is 13.3. The lowest BCUT2D eigenvalue weighted by Crippen LogP contribution is -2.50. The van der Waals surface area contributed by atoms with Crippen LogP contribution in [0.25, 0.3) is 0 Å². The Balaban J connectivity index is 0.818. The van der Waals surface area contributed by atoms with Crippen molar-refractivity contribution in [2.24, 2.45) is 47.3 Å². The molecular weight excluding hydrogens is 584 g/mol. The monoisotopic (exact) mass is 616 g/mol. The molecule has 7 aliphatic rings. The van der Waals surface area contributed by atoms with Gasteiger partial charge < -0.3 is 9.80 Å². The van der Waals surface area contributed by atoms with E-state index < -0.39 is 0 Å². The van der Waals surface area contributed by atoms with Crippen molar-refractivity contribution in [3.8, 4) is 0 Å². The quantitative estimate of drug-likeness (QED) is 0.386. The van der Waals surface area contributed by atoms with E-state index in [-0.39, 0.29) is 82.8 Å². The van der Waals surface area contributed by atoms with Crippen molar-refractivity contribution >= 4 is 46.8 Å². The minimum absolute atomic E-state index is 0.140. The second-order valence-electron chi connectivity index (χ2n) is 13.7. The Morgan fingerprint density at radius 1 is 0.457 bits per heavy atom. The van der Waals surface area contributed by atoms with Gasteiger partial charge in [0.25, 0.3) is 11.8 Å². The molecule has 2 aromatic rings. The van der Waals surface area contributed by atoms with Crippen LogP contribution in [-0.4, -0.2) is 71.4 Å². The van der Waals surface area contributed by atoms with Crippen molar-refractivity contribution in [2.75, 3.05) is 36.0 Å². The maximum absolute atomic E-state index is 13.3. The molecule has 232 valence electrons. The van der Waals surface area contributed by atoms with Crippen LogP contribution >= 0.6 is 0 Å². The summed E-state index contributed by atoms with van der Waals surface area (Å²) in [6.45, 7) is 1.45. The fourth-order valence-electron chi connectivity index (χ4n) is 9.30. The summed E-state index contributed by atoms with van der Waals surface area (Å²) >= 11 is 0.